The summed E-state index contributed by atoms with van der Waals surface area (Å²) < 4.78 is 9.83. The topological polar surface area (TPSA) is 81.4 Å². The number of aromatic nitrogens is 1. The summed E-state index contributed by atoms with van der Waals surface area (Å²) in [5, 5.41) is 2.57. The van der Waals surface area contributed by atoms with Gasteiger partial charge in [0.15, 0.2) is 5.76 Å². The maximum absolute atomic E-state index is 12.1. The van der Waals surface area contributed by atoms with E-state index in [-0.39, 0.29) is 5.91 Å². The molecule has 2 aromatic rings. The standard InChI is InChI=1S/C15H16N2O4/c1-9-11(14(18)17-10(2)15(19)20-3)6-7-12(16-9)13-5-4-8-21-13/h4-8,10H,1-3H3,(H,17,18)/t10-/m0/s1. The summed E-state index contributed by atoms with van der Waals surface area (Å²) in [6, 6.07) is 6.20. The van der Waals surface area contributed by atoms with E-state index in [0.717, 1.165) is 0 Å². The number of hydrogen-bond donors (Lipinski definition) is 1. The molecule has 0 aliphatic rings. The van der Waals surface area contributed by atoms with Gasteiger partial charge in [-0.1, -0.05) is 0 Å². The molecule has 21 heavy (non-hydrogen) atoms. The zero-order valence-electron chi connectivity index (χ0n) is 12.0. The first-order valence-electron chi connectivity index (χ1n) is 6.43. The molecule has 1 amide bonds. The molecule has 0 radical (unpaired) electrons. The Kier molecular flexibility index (Phi) is 4.37. The van der Waals surface area contributed by atoms with Gasteiger partial charge in [0.05, 0.1) is 24.6 Å². The van der Waals surface area contributed by atoms with E-state index in [1.54, 1.807) is 44.4 Å². The van der Waals surface area contributed by atoms with Crippen molar-refractivity contribution in [2.75, 3.05) is 7.11 Å². The first-order valence-corrected chi connectivity index (χ1v) is 6.43. The van der Waals surface area contributed by atoms with Gasteiger partial charge in [-0.25, -0.2) is 9.78 Å². The van der Waals surface area contributed by atoms with Crippen LogP contribution in [-0.2, 0) is 9.53 Å². The van der Waals surface area contributed by atoms with Crippen molar-refractivity contribution in [2.24, 2.45) is 0 Å². The molecule has 2 aromatic heterocycles. The van der Waals surface area contributed by atoms with E-state index in [2.05, 4.69) is 15.0 Å². The van der Waals surface area contributed by atoms with Crippen LogP contribution in [0.3, 0.4) is 0 Å². The van der Waals surface area contributed by atoms with Crippen molar-refractivity contribution in [1.82, 2.24) is 10.3 Å². The predicted octanol–water partition coefficient (Wildman–Crippen LogP) is 1.94. The van der Waals surface area contributed by atoms with Gasteiger partial charge < -0.3 is 14.5 Å². The largest absolute Gasteiger partial charge is 0.467 e. The van der Waals surface area contributed by atoms with Gasteiger partial charge in [-0.2, -0.15) is 0 Å². The van der Waals surface area contributed by atoms with Crippen LogP contribution in [0.4, 0.5) is 0 Å². The second kappa shape index (κ2) is 6.21. The van der Waals surface area contributed by atoms with Gasteiger partial charge in [-0.15, -0.1) is 0 Å². The highest BCUT2D eigenvalue weighted by atomic mass is 16.5. The van der Waals surface area contributed by atoms with Crippen molar-refractivity contribution >= 4 is 11.9 Å². The molecular formula is C15H16N2O4. The molecule has 110 valence electrons. The molecule has 2 rings (SSSR count). The van der Waals surface area contributed by atoms with Crippen LogP contribution in [-0.4, -0.2) is 30.0 Å². The summed E-state index contributed by atoms with van der Waals surface area (Å²) in [4.78, 5) is 27.8. The third-order valence-corrected chi connectivity index (χ3v) is 3.01. The molecule has 0 fully saturated rings. The summed E-state index contributed by atoms with van der Waals surface area (Å²) in [7, 11) is 1.27. The van der Waals surface area contributed by atoms with Gasteiger partial charge in [-0.3, -0.25) is 4.79 Å². The first-order chi connectivity index (χ1) is 10.0. The van der Waals surface area contributed by atoms with E-state index in [1.807, 2.05) is 0 Å². The summed E-state index contributed by atoms with van der Waals surface area (Å²) >= 11 is 0. The van der Waals surface area contributed by atoms with Crippen LogP contribution in [0.5, 0.6) is 0 Å². The Morgan fingerprint density at radius 3 is 2.67 bits per heavy atom. The van der Waals surface area contributed by atoms with Crippen molar-refractivity contribution in [3.63, 3.8) is 0 Å². The lowest BCUT2D eigenvalue weighted by Gasteiger charge is -2.12. The highest BCUT2D eigenvalue weighted by molar-refractivity contribution is 5.97. The summed E-state index contributed by atoms with van der Waals surface area (Å²) in [6.45, 7) is 3.29. The van der Waals surface area contributed by atoms with Gasteiger partial charge >= 0.3 is 5.97 Å². The Morgan fingerprint density at radius 1 is 1.33 bits per heavy atom. The van der Waals surface area contributed by atoms with E-state index in [0.29, 0.717) is 22.7 Å². The third kappa shape index (κ3) is 3.28. The molecule has 6 nitrogen and oxygen atoms in total. The lowest BCUT2D eigenvalue weighted by atomic mass is 10.1. The number of aryl methyl sites for hydroxylation is 1. The molecule has 6 heteroatoms. The van der Waals surface area contributed by atoms with Crippen molar-refractivity contribution in [3.8, 4) is 11.5 Å². The van der Waals surface area contributed by atoms with Crippen LogP contribution in [0.25, 0.3) is 11.5 Å². The molecule has 0 bridgehead atoms. The average Bonchev–Trinajstić information content (AvgIpc) is 3.00. The first kappa shape index (κ1) is 14.8. The Hall–Kier alpha value is -2.63. The van der Waals surface area contributed by atoms with E-state index in [1.165, 1.54) is 7.11 Å². The minimum absolute atomic E-state index is 0.371. The Labute approximate surface area is 122 Å². The lowest BCUT2D eigenvalue weighted by molar-refractivity contribution is -0.142. The average molecular weight is 288 g/mol. The maximum atomic E-state index is 12.1. The van der Waals surface area contributed by atoms with Gasteiger partial charge in [-0.05, 0) is 38.1 Å². The molecule has 0 spiro atoms. The van der Waals surface area contributed by atoms with E-state index in [9.17, 15) is 9.59 Å². The van der Waals surface area contributed by atoms with Crippen molar-refractivity contribution in [2.45, 2.75) is 19.9 Å². The van der Waals surface area contributed by atoms with Crippen LogP contribution in [0.2, 0.25) is 0 Å². The molecule has 0 unspecified atom stereocenters. The summed E-state index contributed by atoms with van der Waals surface area (Å²) in [5.41, 5.74) is 1.61. The summed E-state index contributed by atoms with van der Waals surface area (Å²) in [5.74, 6) is -0.238. The van der Waals surface area contributed by atoms with Gasteiger partial charge in [0, 0.05) is 0 Å². The molecule has 1 N–H and O–H groups in total. The Morgan fingerprint density at radius 2 is 2.10 bits per heavy atom. The van der Waals surface area contributed by atoms with Crippen molar-refractivity contribution < 1.29 is 18.7 Å². The molecule has 0 saturated carbocycles. The van der Waals surface area contributed by atoms with E-state index < -0.39 is 12.0 Å². The van der Waals surface area contributed by atoms with Crippen LogP contribution in [0.1, 0.15) is 23.0 Å². The summed E-state index contributed by atoms with van der Waals surface area (Å²) in [6.07, 6.45) is 1.56. The molecule has 0 aromatic carbocycles. The van der Waals surface area contributed by atoms with Crippen LogP contribution >= 0.6 is 0 Å². The van der Waals surface area contributed by atoms with Gasteiger partial charge in [0.2, 0.25) is 0 Å². The second-order valence-corrected chi connectivity index (χ2v) is 4.53. The zero-order chi connectivity index (χ0) is 15.4. The number of hydrogen-bond acceptors (Lipinski definition) is 5. The highest BCUT2D eigenvalue weighted by Gasteiger charge is 2.19. The highest BCUT2D eigenvalue weighted by Crippen LogP contribution is 2.19. The fourth-order valence-electron chi connectivity index (χ4n) is 1.87. The quantitative estimate of drug-likeness (QED) is 0.869. The SMILES string of the molecule is COC(=O)[C@H](C)NC(=O)c1ccc(-c2ccco2)nc1C. The number of amides is 1. The number of pyridine rings is 1. The van der Waals surface area contributed by atoms with Crippen LogP contribution in [0.15, 0.2) is 34.9 Å². The van der Waals surface area contributed by atoms with Crippen LogP contribution in [0, 0.1) is 6.92 Å². The molecular weight excluding hydrogens is 272 g/mol. The number of carbonyl (C=O) groups excluding carboxylic acids is 2. The number of nitrogens with zero attached hydrogens (tertiary/aromatic N) is 1. The normalized spacial score (nSPS) is 11.8. The fraction of sp³-hybridized carbons (Fsp3) is 0.267. The fourth-order valence-corrected chi connectivity index (χ4v) is 1.87. The third-order valence-electron chi connectivity index (χ3n) is 3.01. The number of ether oxygens (including phenoxy) is 1. The second-order valence-electron chi connectivity index (χ2n) is 4.53. The van der Waals surface area contributed by atoms with Crippen molar-refractivity contribution in [1.29, 1.82) is 0 Å². The number of esters is 1. The minimum atomic E-state index is -0.716. The lowest BCUT2D eigenvalue weighted by Crippen LogP contribution is -2.39. The molecule has 0 aliphatic heterocycles. The number of rotatable bonds is 4. The number of nitrogens with one attached hydrogen (secondary N) is 1. The number of methoxy groups -OCH3 is 1. The Bertz CT molecular complexity index is 650. The van der Waals surface area contributed by atoms with Gasteiger partial charge in [0.25, 0.3) is 5.91 Å². The zero-order valence-corrected chi connectivity index (χ0v) is 12.0. The Balaban J connectivity index is 2.17. The van der Waals surface area contributed by atoms with E-state index >= 15 is 0 Å². The monoisotopic (exact) mass is 288 g/mol. The minimum Gasteiger partial charge on any atom is -0.467 e. The van der Waals surface area contributed by atoms with E-state index in [4.69, 9.17) is 4.42 Å². The number of carbonyl (C=O) groups is 2. The smallest absolute Gasteiger partial charge is 0.328 e. The molecule has 0 aliphatic carbocycles. The maximum Gasteiger partial charge on any atom is 0.328 e. The number of furan rings is 1. The van der Waals surface area contributed by atoms with Crippen molar-refractivity contribution in [3.05, 3.63) is 41.8 Å². The van der Waals surface area contributed by atoms with Crippen LogP contribution < -0.4 is 5.32 Å². The molecule has 1 atom stereocenters. The molecule has 2 heterocycles. The molecule has 0 saturated heterocycles. The predicted molar refractivity (Wildman–Crippen MR) is 75.6 cm³/mol. The van der Waals surface area contributed by atoms with Gasteiger partial charge in [0.1, 0.15) is 11.7 Å².